The Morgan fingerprint density at radius 3 is 2.84 bits per heavy atom. The van der Waals surface area contributed by atoms with E-state index in [1.165, 1.54) is 29.2 Å². The highest BCUT2D eigenvalue weighted by molar-refractivity contribution is 7.16. The highest BCUT2D eigenvalue weighted by Crippen LogP contribution is 2.43. The molecule has 0 radical (unpaired) electrons. The third kappa shape index (κ3) is 4.08. The van der Waals surface area contributed by atoms with Gasteiger partial charge in [-0.15, -0.1) is 11.3 Å². The van der Waals surface area contributed by atoms with E-state index in [1.54, 1.807) is 41.7 Å². The maximum absolute atomic E-state index is 12.9. The molecule has 0 bridgehead atoms. The van der Waals surface area contributed by atoms with E-state index in [9.17, 15) is 9.59 Å². The van der Waals surface area contributed by atoms with Crippen molar-refractivity contribution in [1.29, 1.82) is 0 Å². The smallest absolute Gasteiger partial charge is 0.336 e. The molecule has 1 aromatic carbocycles. The van der Waals surface area contributed by atoms with Crippen LogP contribution in [0.3, 0.4) is 0 Å². The topological polar surface area (TPSA) is 80.6 Å². The normalized spacial score (nSPS) is 19.7. The number of carbonyl (C=O) groups excluding carboxylic acids is 2. The molecule has 2 atom stereocenters. The van der Waals surface area contributed by atoms with Crippen LogP contribution in [0.25, 0.3) is 6.08 Å². The van der Waals surface area contributed by atoms with Crippen LogP contribution in [0.5, 0.6) is 5.75 Å². The number of hydrogen-bond donors (Lipinski definition) is 2. The third-order valence-electron chi connectivity index (χ3n) is 6.08. The van der Waals surface area contributed by atoms with Crippen LogP contribution in [0, 0.1) is 5.92 Å². The van der Waals surface area contributed by atoms with E-state index in [4.69, 9.17) is 9.15 Å². The number of benzene rings is 1. The van der Waals surface area contributed by atoms with Gasteiger partial charge in [0.05, 0.1) is 11.8 Å². The zero-order valence-electron chi connectivity index (χ0n) is 17.7. The molecular formula is C25H24N2O4S. The molecule has 1 aliphatic heterocycles. The van der Waals surface area contributed by atoms with E-state index < -0.39 is 5.97 Å². The Kier molecular flexibility index (Phi) is 5.57. The van der Waals surface area contributed by atoms with Crippen LogP contribution in [0.2, 0.25) is 0 Å². The Labute approximate surface area is 190 Å². The molecule has 1 aliphatic carbocycles. The number of rotatable bonds is 5. The van der Waals surface area contributed by atoms with Gasteiger partial charge in [-0.2, -0.15) is 0 Å². The van der Waals surface area contributed by atoms with Crippen LogP contribution < -0.4 is 15.4 Å². The number of ether oxygens (including phenoxy) is 1. The van der Waals surface area contributed by atoms with Gasteiger partial charge in [-0.1, -0.05) is 25.5 Å². The van der Waals surface area contributed by atoms with Crippen molar-refractivity contribution >= 4 is 34.3 Å². The van der Waals surface area contributed by atoms with Gasteiger partial charge in [0.15, 0.2) is 0 Å². The SMILES string of the molecule is CC[C@@H]1CCc2c(sc3c2C(=O)N[C@H](c2ccc(OC(=O)/C=C/c4ccco4)cc2)N3)C1. The summed E-state index contributed by atoms with van der Waals surface area (Å²) in [5.41, 5.74) is 2.94. The van der Waals surface area contributed by atoms with Crippen molar-refractivity contribution in [2.75, 3.05) is 5.32 Å². The lowest BCUT2D eigenvalue weighted by atomic mass is 9.85. The lowest BCUT2D eigenvalue weighted by molar-refractivity contribution is -0.128. The summed E-state index contributed by atoms with van der Waals surface area (Å²) in [6, 6.07) is 10.6. The molecule has 0 saturated heterocycles. The molecule has 3 heterocycles. The fourth-order valence-electron chi connectivity index (χ4n) is 4.30. The second kappa shape index (κ2) is 8.67. The number of furan rings is 1. The van der Waals surface area contributed by atoms with Crippen molar-refractivity contribution in [1.82, 2.24) is 5.32 Å². The Bertz CT molecular complexity index is 1160. The summed E-state index contributed by atoms with van der Waals surface area (Å²) in [6.07, 6.45) is 8.47. The molecule has 32 heavy (non-hydrogen) atoms. The Morgan fingerprint density at radius 2 is 2.09 bits per heavy atom. The molecule has 6 nitrogen and oxygen atoms in total. The molecule has 2 aliphatic rings. The molecule has 0 unspecified atom stereocenters. The van der Waals surface area contributed by atoms with Crippen LogP contribution in [-0.4, -0.2) is 11.9 Å². The summed E-state index contributed by atoms with van der Waals surface area (Å²) >= 11 is 1.72. The molecule has 3 aromatic rings. The van der Waals surface area contributed by atoms with E-state index in [1.807, 2.05) is 12.1 Å². The number of fused-ring (bicyclic) bond motifs is 3. The van der Waals surface area contributed by atoms with Crippen molar-refractivity contribution < 1.29 is 18.7 Å². The van der Waals surface area contributed by atoms with Crippen molar-refractivity contribution in [2.24, 2.45) is 5.92 Å². The van der Waals surface area contributed by atoms with Gasteiger partial charge in [0.1, 0.15) is 22.7 Å². The molecular weight excluding hydrogens is 424 g/mol. The summed E-state index contributed by atoms with van der Waals surface area (Å²) in [4.78, 5) is 26.3. The van der Waals surface area contributed by atoms with Crippen LogP contribution in [0.15, 0.2) is 53.2 Å². The second-order valence-corrected chi connectivity index (χ2v) is 9.22. The number of thiophene rings is 1. The zero-order chi connectivity index (χ0) is 22.1. The van der Waals surface area contributed by atoms with Gasteiger partial charge in [0, 0.05) is 11.0 Å². The second-order valence-electron chi connectivity index (χ2n) is 8.11. The van der Waals surface area contributed by atoms with Gasteiger partial charge in [-0.25, -0.2) is 4.79 Å². The van der Waals surface area contributed by atoms with Gasteiger partial charge in [-0.05, 0) is 66.6 Å². The van der Waals surface area contributed by atoms with Crippen molar-refractivity contribution in [3.05, 3.63) is 76.1 Å². The molecule has 2 N–H and O–H groups in total. The minimum atomic E-state index is -0.488. The summed E-state index contributed by atoms with van der Waals surface area (Å²) in [5, 5.41) is 7.52. The van der Waals surface area contributed by atoms with Gasteiger partial charge in [0.2, 0.25) is 0 Å². The highest BCUT2D eigenvalue weighted by atomic mass is 32.1. The first kappa shape index (κ1) is 20.6. The molecule has 7 heteroatoms. The largest absolute Gasteiger partial charge is 0.465 e. The van der Waals surface area contributed by atoms with Crippen LogP contribution in [0.4, 0.5) is 5.00 Å². The molecule has 0 spiro atoms. The average molecular weight is 449 g/mol. The van der Waals surface area contributed by atoms with Crippen LogP contribution >= 0.6 is 11.3 Å². The highest BCUT2D eigenvalue weighted by Gasteiger charge is 2.33. The maximum Gasteiger partial charge on any atom is 0.336 e. The fourth-order valence-corrected chi connectivity index (χ4v) is 5.68. The van der Waals surface area contributed by atoms with E-state index in [0.717, 1.165) is 35.4 Å². The third-order valence-corrected chi connectivity index (χ3v) is 7.27. The van der Waals surface area contributed by atoms with Crippen molar-refractivity contribution in [3.8, 4) is 5.75 Å². The number of anilines is 1. The molecule has 2 aromatic heterocycles. The zero-order valence-corrected chi connectivity index (χ0v) is 18.5. The summed E-state index contributed by atoms with van der Waals surface area (Å²) in [5.74, 6) is 1.22. The van der Waals surface area contributed by atoms with E-state index in [0.29, 0.717) is 17.4 Å². The fraction of sp³-hybridized carbons (Fsp3) is 0.280. The monoisotopic (exact) mass is 448 g/mol. The summed E-state index contributed by atoms with van der Waals surface area (Å²) in [7, 11) is 0. The van der Waals surface area contributed by atoms with Crippen molar-refractivity contribution in [2.45, 2.75) is 38.8 Å². The number of carbonyl (C=O) groups is 2. The maximum atomic E-state index is 12.9. The Morgan fingerprint density at radius 1 is 1.25 bits per heavy atom. The minimum Gasteiger partial charge on any atom is -0.465 e. The van der Waals surface area contributed by atoms with Gasteiger partial charge in [-0.3, -0.25) is 4.79 Å². The average Bonchev–Trinajstić information content (AvgIpc) is 3.45. The summed E-state index contributed by atoms with van der Waals surface area (Å²) in [6.45, 7) is 2.24. The first-order valence-electron chi connectivity index (χ1n) is 10.9. The first-order valence-corrected chi connectivity index (χ1v) is 11.7. The van der Waals surface area contributed by atoms with Gasteiger partial charge < -0.3 is 19.8 Å². The molecule has 1 amide bonds. The number of hydrogen-bond acceptors (Lipinski definition) is 6. The van der Waals surface area contributed by atoms with Crippen molar-refractivity contribution in [3.63, 3.8) is 0 Å². The predicted molar refractivity (Wildman–Crippen MR) is 124 cm³/mol. The van der Waals surface area contributed by atoms with Crippen LogP contribution in [-0.2, 0) is 17.6 Å². The van der Waals surface area contributed by atoms with Crippen LogP contribution in [0.1, 0.15) is 58.1 Å². The first-order chi connectivity index (χ1) is 15.6. The molecule has 5 rings (SSSR count). The number of amides is 1. The molecule has 0 fully saturated rings. The standard InChI is InChI=1S/C25H24N2O4S/c1-2-15-5-11-19-20(14-15)32-25-22(19)24(29)26-23(27-25)16-6-8-18(9-7-16)31-21(28)12-10-17-4-3-13-30-17/h3-4,6-10,12-13,15,23,27H,2,5,11,14H2,1H3,(H,26,29)/b12-10+/t15-,23+/m1/s1. The van der Waals surface area contributed by atoms with E-state index in [-0.39, 0.29) is 12.1 Å². The number of esters is 1. The summed E-state index contributed by atoms with van der Waals surface area (Å²) < 4.78 is 10.5. The van der Waals surface area contributed by atoms with E-state index >= 15 is 0 Å². The lowest BCUT2D eigenvalue weighted by Crippen LogP contribution is -2.38. The molecule has 164 valence electrons. The quantitative estimate of drug-likeness (QED) is 0.313. The predicted octanol–water partition coefficient (Wildman–Crippen LogP) is 5.33. The van der Waals surface area contributed by atoms with Gasteiger partial charge in [0.25, 0.3) is 5.91 Å². The lowest BCUT2D eigenvalue weighted by Gasteiger charge is -2.27. The Balaban J connectivity index is 1.27. The van der Waals surface area contributed by atoms with Gasteiger partial charge >= 0.3 is 5.97 Å². The molecule has 0 saturated carbocycles. The Hall–Kier alpha value is -3.32. The number of nitrogens with one attached hydrogen (secondary N) is 2. The minimum absolute atomic E-state index is 0.0187. The van der Waals surface area contributed by atoms with E-state index in [2.05, 4.69) is 17.6 Å².